The zero-order valence-corrected chi connectivity index (χ0v) is 27.8. The van der Waals surface area contributed by atoms with Gasteiger partial charge in [0.25, 0.3) is 0 Å². The molecule has 0 N–H and O–H groups in total. The van der Waals surface area contributed by atoms with Crippen LogP contribution in [0.2, 0.25) is 0 Å². The Labute approximate surface area is 299 Å². The lowest BCUT2D eigenvalue weighted by Crippen LogP contribution is -2.01. The van der Waals surface area contributed by atoms with Crippen molar-refractivity contribution in [1.29, 1.82) is 5.26 Å². The number of hydrogen-bond acceptors (Lipinski definition) is 4. The van der Waals surface area contributed by atoms with E-state index in [1.165, 1.54) is 16.2 Å². The Hall–Kier alpha value is -7.36. The van der Waals surface area contributed by atoms with Gasteiger partial charge < -0.3 is 4.57 Å². The zero-order chi connectivity index (χ0) is 34.6. The molecule has 0 fully saturated rings. The van der Waals surface area contributed by atoms with E-state index in [1.807, 2.05) is 66.7 Å². The van der Waals surface area contributed by atoms with Crippen molar-refractivity contribution in [1.82, 2.24) is 24.1 Å². The lowest BCUT2D eigenvalue weighted by atomic mass is 10.1. The molecule has 0 radical (unpaired) electrons. The first-order valence-electron chi connectivity index (χ1n) is 17.2. The third-order valence-corrected chi connectivity index (χ3v) is 9.76. The van der Waals surface area contributed by atoms with E-state index in [-0.39, 0.29) is 0 Å². The second-order valence-electron chi connectivity index (χ2n) is 12.8. The van der Waals surface area contributed by atoms with Gasteiger partial charge in [-0.2, -0.15) is 5.26 Å². The minimum absolute atomic E-state index is 0.574. The molecular formula is C46H28N6. The number of fused-ring (bicyclic) bond motifs is 7. The number of rotatable bonds is 5. The van der Waals surface area contributed by atoms with E-state index in [9.17, 15) is 5.26 Å². The first-order chi connectivity index (χ1) is 25.7. The van der Waals surface area contributed by atoms with Gasteiger partial charge >= 0.3 is 0 Å². The maximum atomic E-state index is 9.63. The molecule has 0 saturated carbocycles. The molecule has 10 aromatic rings. The lowest BCUT2D eigenvalue weighted by molar-refractivity contribution is 1.08. The fourth-order valence-corrected chi connectivity index (χ4v) is 7.48. The highest BCUT2D eigenvalue weighted by Crippen LogP contribution is 2.42. The fraction of sp³-hybridized carbons (Fsp3) is 0. The van der Waals surface area contributed by atoms with Gasteiger partial charge in [-0.15, -0.1) is 0 Å². The van der Waals surface area contributed by atoms with E-state index in [2.05, 4.69) is 112 Å². The van der Waals surface area contributed by atoms with Gasteiger partial charge in [0, 0.05) is 38.4 Å². The van der Waals surface area contributed by atoms with Gasteiger partial charge in [-0.3, -0.25) is 4.57 Å². The molecule has 0 saturated heterocycles. The van der Waals surface area contributed by atoms with Crippen molar-refractivity contribution in [3.63, 3.8) is 0 Å². The van der Waals surface area contributed by atoms with Crippen molar-refractivity contribution in [2.45, 2.75) is 0 Å². The van der Waals surface area contributed by atoms with Gasteiger partial charge in [0.2, 0.25) is 0 Å². The van der Waals surface area contributed by atoms with Crippen LogP contribution in [-0.2, 0) is 0 Å². The third kappa shape index (κ3) is 4.68. The topological polar surface area (TPSA) is 72.3 Å². The zero-order valence-electron chi connectivity index (χ0n) is 27.8. The van der Waals surface area contributed by atoms with Gasteiger partial charge in [-0.05, 0) is 60.7 Å². The Morgan fingerprint density at radius 1 is 0.442 bits per heavy atom. The molecule has 0 aliphatic heterocycles. The van der Waals surface area contributed by atoms with Crippen LogP contribution in [0.4, 0.5) is 0 Å². The largest absolute Gasteiger partial charge is 0.309 e. The molecule has 0 bridgehead atoms. The third-order valence-electron chi connectivity index (χ3n) is 9.76. The van der Waals surface area contributed by atoms with Crippen LogP contribution in [0.15, 0.2) is 170 Å². The number of nitrogens with zero attached hydrogens (tertiary/aromatic N) is 6. The van der Waals surface area contributed by atoms with Gasteiger partial charge in [-0.25, -0.2) is 15.0 Å². The van der Waals surface area contributed by atoms with Crippen LogP contribution in [0.3, 0.4) is 0 Å². The Balaban J connectivity index is 1.24. The number of para-hydroxylation sites is 3. The summed E-state index contributed by atoms with van der Waals surface area (Å²) in [4.78, 5) is 15.4. The van der Waals surface area contributed by atoms with Crippen molar-refractivity contribution in [2.75, 3.05) is 0 Å². The molecule has 4 heterocycles. The minimum Gasteiger partial charge on any atom is -0.309 e. The van der Waals surface area contributed by atoms with Crippen LogP contribution in [-0.4, -0.2) is 24.1 Å². The fourth-order valence-electron chi connectivity index (χ4n) is 7.48. The van der Waals surface area contributed by atoms with Gasteiger partial charge in [-0.1, -0.05) is 109 Å². The smallest absolute Gasteiger partial charge is 0.160 e. The number of hydrogen-bond donors (Lipinski definition) is 0. The van der Waals surface area contributed by atoms with Crippen molar-refractivity contribution in [3.8, 4) is 51.6 Å². The Bertz CT molecular complexity index is 3020. The summed E-state index contributed by atoms with van der Waals surface area (Å²) in [6, 6.07) is 60.1. The molecule has 6 heteroatoms. The normalized spacial score (nSPS) is 11.4. The molecule has 0 aliphatic carbocycles. The molecule has 0 aliphatic rings. The average molecular weight is 665 g/mol. The molecule has 0 unspecified atom stereocenters. The Kier molecular flexibility index (Phi) is 6.76. The summed E-state index contributed by atoms with van der Waals surface area (Å²) in [6.07, 6.45) is 0. The molecule has 4 aromatic heterocycles. The van der Waals surface area contributed by atoms with Crippen molar-refractivity contribution in [3.05, 3.63) is 175 Å². The average Bonchev–Trinajstić information content (AvgIpc) is 3.74. The molecule has 242 valence electrons. The maximum Gasteiger partial charge on any atom is 0.160 e. The monoisotopic (exact) mass is 664 g/mol. The van der Waals surface area contributed by atoms with Crippen molar-refractivity contribution < 1.29 is 0 Å². The number of pyridine rings is 1. The highest BCUT2D eigenvalue weighted by molar-refractivity contribution is 6.26. The van der Waals surface area contributed by atoms with E-state index >= 15 is 0 Å². The predicted molar refractivity (Wildman–Crippen MR) is 210 cm³/mol. The summed E-state index contributed by atoms with van der Waals surface area (Å²) in [5.41, 5.74) is 10.0. The summed E-state index contributed by atoms with van der Waals surface area (Å²) in [6.45, 7) is 0. The van der Waals surface area contributed by atoms with Crippen molar-refractivity contribution >= 4 is 43.6 Å². The molecule has 10 rings (SSSR count). The number of benzene rings is 6. The summed E-state index contributed by atoms with van der Waals surface area (Å²) in [7, 11) is 0. The molecule has 52 heavy (non-hydrogen) atoms. The first-order valence-corrected chi connectivity index (χ1v) is 17.2. The minimum atomic E-state index is 0.574. The van der Waals surface area contributed by atoms with Crippen LogP contribution >= 0.6 is 0 Å². The summed E-state index contributed by atoms with van der Waals surface area (Å²) in [5.74, 6) is 1.38. The molecule has 0 spiro atoms. The standard InChI is InChI=1S/C46H28N6/c47-29-30-13-11-16-32(27-30)38-28-39(50-46(49-38)31-14-3-1-4-15-31)37-21-12-24-43(48-37)52-40-22-9-7-19-34(40)35-25-26-42-44(45(35)52)36-20-8-10-23-41(36)51(42)33-17-5-2-6-18-33/h1-28H. The Morgan fingerprint density at radius 3 is 1.92 bits per heavy atom. The van der Waals surface area contributed by atoms with Crippen molar-refractivity contribution in [2.24, 2.45) is 0 Å². The second kappa shape index (κ2) is 11.9. The maximum absolute atomic E-state index is 9.63. The van der Waals surface area contributed by atoms with E-state index in [1.54, 1.807) is 6.07 Å². The van der Waals surface area contributed by atoms with Gasteiger partial charge in [0.1, 0.15) is 5.82 Å². The van der Waals surface area contributed by atoms with Crippen LogP contribution in [0.5, 0.6) is 0 Å². The molecule has 0 amide bonds. The molecule has 0 atom stereocenters. The molecule has 6 nitrogen and oxygen atoms in total. The molecule has 6 aromatic carbocycles. The number of aromatic nitrogens is 5. The van der Waals surface area contributed by atoms with E-state index in [0.717, 1.165) is 61.5 Å². The predicted octanol–water partition coefficient (Wildman–Crippen LogP) is 10.9. The van der Waals surface area contributed by atoms with Crippen LogP contribution < -0.4 is 0 Å². The van der Waals surface area contributed by atoms with E-state index in [0.29, 0.717) is 17.1 Å². The van der Waals surface area contributed by atoms with Crippen LogP contribution in [0, 0.1) is 11.3 Å². The summed E-state index contributed by atoms with van der Waals surface area (Å²) < 4.78 is 4.65. The highest BCUT2D eigenvalue weighted by atomic mass is 15.1. The second-order valence-corrected chi connectivity index (χ2v) is 12.8. The Morgan fingerprint density at radius 2 is 1.12 bits per heavy atom. The van der Waals surface area contributed by atoms with Gasteiger partial charge in [0.05, 0.1) is 50.8 Å². The highest BCUT2D eigenvalue weighted by Gasteiger charge is 2.21. The summed E-state index contributed by atoms with van der Waals surface area (Å²) >= 11 is 0. The lowest BCUT2D eigenvalue weighted by Gasteiger charge is -2.12. The quantitative estimate of drug-likeness (QED) is 0.184. The van der Waals surface area contributed by atoms with E-state index in [4.69, 9.17) is 15.0 Å². The summed E-state index contributed by atoms with van der Waals surface area (Å²) in [5, 5.41) is 14.3. The first kappa shape index (κ1) is 29.5. The number of nitriles is 1. The van der Waals surface area contributed by atoms with Gasteiger partial charge in [0.15, 0.2) is 5.82 Å². The van der Waals surface area contributed by atoms with Crippen LogP contribution in [0.1, 0.15) is 5.56 Å². The molecular weight excluding hydrogens is 637 g/mol. The van der Waals surface area contributed by atoms with E-state index < -0.39 is 0 Å². The van der Waals surface area contributed by atoms with Crippen LogP contribution in [0.25, 0.3) is 89.2 Å². The SMILES string of the molecule is N#Cc1cccc(-c2cc(-c3cccc(-n4c5ccccc5c5ccc6c(c7ccccc7n6-c6ccccc6)c54)n3)nc(-c3ccccc3)n2)c1.